The molecule has 2 heterocycles. The highest BCUT2D eigenvalue weighted by Crippen LogP contribution is 2.22. The molecule has 0 bridgehead atoms. The summed E-state index contributed by atoms with van der Waals surface area (Å²) in [6.45, 7) is 2.81. The smallest absolute Gasteiger partial charge is 0.324 e. The summed E-state index contributed by atoms with van der Waals surface area (Å²) in [7, 11) is 1.46. The Morgan fingerprint density at radius 3 is 3.15 bits per heavy atom. The zero-order valence-corrected chi connectivity index (χ0v) is 7.95. The second-order valence-corrected chi connectivity index (χ2v) is 3.73. The Hall–Kier alpha value is -0.610. The van der Waals surface area contributed by atoms with Gasteiger partial charge in [0.15, 0.2) is 0 Å². The zero-order valence-electron chi connectivity index (χ0n) is 7.95. The highest BCUT2D eigenvalue weighted by atomic mass is 16.5. The summed E-state index contributed by atoms with van der Waals surface area (Å²) >= 11 is 0. The van der Waals surface area contributed by atoms with E-state index >= 15 is 0 Å². The molecule has 0 aromatic carbocycles. The van der Waals surface area contributed by atoms with Crippen LogP contribution in [0.2, 0.25) is 0 Å². The predicted octanol–water partition coefficient (Wildman–Crippen LogP) is -0.404. The first kappa shape index (κ1) is 8.97. The van der Waals surface area contributed by atoms with Crippen LogP contribution < -0.4 is 5.32 Å². The van der Waals surface area contributed by atoms with Crippen molar-refractivity contribution in [2.45, 2.75) is 24.9 Å². The summed E-state index contributed by atoms with van der Waals surface area (Å²) in [6, 6.07) is 0.504. The van der Waals surface area contributed by atoms with Crippen LogP contribution in [0.25, 0.3) is 0 Å². The van der Waals surface area contributed by atoms with E-state index in [2.05, 4.69) is 10.2 Å². The molecule has 0 aromatic heterocycles. The average molecular weight is 184 g/mol. The van der Waals surface area contributed by atoms with E-state index in [1.54, 1.807) is 0 Å². The molecular formula is C9H16N2O2. The van der Waals surface area contributed by atoms with Gasteiger partial charge in [-0.1, -0.05) is 0 Å². The van der Waals surface area contributed by atoms with Gasteiger partial charge in [-0.25, -0.2) is 0 Å². The zero-order chi connectivity index (χ0) is 9.26. The highest BCUT2D eigenvalue weighted by Gasteiger charge is 2.37. The van der Waals surface area contributed by atoms with Gasteiger partial charge in [0.25, 0.3) is 0 Å². The molecule has 0 aliphatic carbocycles. The third kappa shape index (κ3) is 1.56. The summed E-state index contributed by atoms with van der Waals surface area (Å²) in [5.41, 5.74) is 0. The SMILES string of the molecule is COC(=O)C1CNCC2CCCN21. The maximum Gasteiger partial charge on any atom is 0.324 e. The van der Waals surface area contributed by atoms with Crippen LogP contribution in [0.4, 0.5) is 0 Å². The standard InChI is InChI=1S/C9H16N2O2/c1-13-9(12)8-6-10-5-7-3-2-4-11(7)8/h7-8,10H,2-6H2,1H3. The largest absolute Gasteiger partial charge is 0.468 e. The van der Waals surface area contributed by atoms with Gasteiger partial charge in [-0.2, -0.15) is 0 Å². The fourth-order valence-corrected chi connectivity index (χ4v) is 2.35. The van der Waals surface area contributed by atoms with Crippen LogP contribution in [0.3, 0.4) is 0 Å². The van der Waals surface area contributed by atoms with Gasteiger partial charge in [-0.3, -0.25) is 9.69 Å². The molecule has 2 fully saturated rings. The number of methoxy groups -OCH3 is 1. The lowest BCUT2D eigenvalue weighted by atomic mass is 10.1. The van der Waals surface area contributed by atoms with Crippen LogP contribution in [-0.2, 0) is 9.53 Å². The number of carbonyl (C=O) groups is 1. The van der Waals surface area contributed by atoms with E-state index in [1.165, 1.54) is 20.0 Å². The van der Waals surface area contributed by atoms with E-state index in [4.69, 9.17) is 4.74 Å². The lowest BCUT2D eigenvalue weighted by Gasteiger charge is -2.36. The first-order valence-corrected chi connectivity index (χ1v) is 4.87. The number of esters is 1. The van der Waals surface area contributed by atoms with Crippen molar-refractivity contribution in [2.24, 2.45) is 0 Å². The Labute approximate surface area is 78.2 Å². The molecule has 0 spiro atoms. The van der Waals surface area contributed by atoms with Crippen molar-refractivity contribution in [3.05, 3.63) is 0 Å². The van der Waals surface area contributed by atoms with Gasteiger partial charge < -0.3 is 10.1 Å². The molecule has 2 rings (SSSR count). The number of fused-ring (bicyclic) bond motifs is 1. The first-order valence-electron chi connectivity index (χ1n) is 4.87. The Morgan fingerprint density at radius 2 is 2.38 bits per heavy atom. The predicted molar refractivity (Wildman–Crippen MR) is 48.4 cm³/mol. The number of nitrogens with zero attached hydrogens (tertiary/aromatic N) is 1. The Morgan fingerprint density at radius 1 is 1.54 bits per heavy atom. The van der Waals surface area contributed by atoms with Gasteiger partial charge in [0, 0.05) is 19.1 Å². The van der Waals surface area contributed by atoms with Gasteiger partial charge in [0.2, 0.25) is 0 Å². The molecule has 2 aliphatic heterocycles. The molecule has 0 radical (unpaired) electrons. The van der Waals surface area contributed by atoms with Crippen molar-refractivity contribution in [2.75, 3.05) is 26.7 Å². The maximum absolute atomic E-state index is 11.4. The number of ether oxygens (including phenoxy) is 1. The van der Waals surface area contributed by atoms with Crippen molar-refractivity contribution >= 4 is 5.97 Å². The fraction of sp³-hybridized carbons (Fsp3) is 0.889. The van der Waals surface area contributed by atoms with E-state index in [0.29, 0.717) is 6.04 Å². The fourth-order valence-electron chi connectivity index (χ4n) is 2.35. The van der Waals surface area contributed by atoms with E-state index < -0.39 is 0 Å². The second-order valence-electron chi connectivity index (χ2n) is 3.73. The van der Waals surface area contributed by atoms with E-state index in [0.717, 1.165) is 19.6 Å². The van der Waals surface area contributed by atoms with Gasteiger partial charge in [-0.15, -0.1) is 0 Å². The molecular weight excluding hydrogens is 168 g/mol. The molecule has 2 saturated heterocycles. The van der Waals surface area contributed by atoms with Crippen LogP contribution in [-0.4, -0.2) is 49.7 Å². The van der Waals surface area contributed by atoms with Crippen molar-refractivity contribution in [1.29, 1.82) is 0 Å². The van der Waals surface area contributed by atoms with Crippen LogP contribution in [0, 0.1) is 0 Å². The lowest BCUT2D eigenvalue weighted by molar-refractivity contribution is -0.148. The molecule has 2 aliphatic rings. The molecule has 13 heavy (non-hydrogen) atoms. The van der Waals surface area contributed by atoms with E-state index in [1.807, 2.05) is 0 Å². The number of carbonyl (C=O) groups excluding carboxylic acids is 1. The minimum absolute atomic E-state index is 0.0498. The number of nitrogens with one attached hydrogen (secondary N) is 1. The van der Waals surface area contributed by atoms with Crippen molar-refractivity contribution in [3.63, 3.8) is 0 Å². The van der Waals surface area contributed by atoms with Gasteiger partial charge in [0.05, 0.1) is 7.11 Å². The minimum atomic E-state index is -0.0981. The van der Waals surface area contributed by atoms with Gasteiger partial charge in [-0.05, 0) is 19.4 Å². The van der Waals surface area contributed by atoms with Gasteiger partial charge in [0.1, 0.15) is 6.04 Å². The van der Waals surface area contributed by atoms with Crippen LogP contribution in [0.1, 0.15) is 12.8 Å². The van der Waals surface area contributed by atoms with Crippen LogP contribution in [0.5, 0.6) is 0 Å². The summed E-state index contributed by atoms with van der Waals surface area (Å²) < 4.78 is 4.78. The average Bonchev–Trinajstić information content (AvgIpc) is 2.63. The van der Waals surface area contributed by atoms with Crippen LogP contribution in [0.15, 0.2) is 0 Å². The number of piperazine rings is 1. The van der Waals surface area contributed by atoms with E-state index in [9.17, 15) is 4.79 Å². The Kier molecular flexibility index (Phi) is 2.51. The molecule has 2 atom stereocenters. The topological polar surface area (TPSA) is 41.6 Å². The molecule has 4 nitrogen and oxygen atoms in total. The third-order valence-electron chi connectivity index (χ3n) is 3.01. The Bertz CT molecular complexity index is 208. The third-order valence-corrected chi connectivity index (χ3v) is 3.01. The van der Waals surface area contributed by atoms with Gasteiger partial charge >= 0.3 is 5.97 Å². The number of hydrogen-bond donors (Lipinski definition) is 1. The Balaban J connectivity index is 2.05. The summed E-state index contributed by atoms with van der Waals surface area (Å²) in [5.74, 6) is -0.0981. The summed E-state index contributed by atoms with van der Waals surface area (Å²) in [5, 5.41) is 3.28. The molecule has 74 valence electrons. The number of rotatable bonds is 1. The van der Waals surface area contributed by atoms with Crippen molar-refractivity contribution < 1.29 is 9.53 Å². The normalized spacial score (nSPS) is 34.2. The monoisotopic (exact) mass is 184 g/mol. The molecule has 0 saturated carbocycles. The molecule has 0 aromatic rings. The first-order chi connectivity index (χ1) is 6.33. The summed E-state index contributed by atoms with van der Waals surface area (Å²) in [4.78, 5) is 13.7. The number of hydrogen-bond acceptors (Lipinski definition) is 4. The quantitative estimate of drug-likeness (QED) is 0.563. The summed E-state index contributed by atoms with van der Waals surface area (Å²) in [6.07, 6.45) is 2.42. The molecule has 2 unspecified atom stereocenters. The van der Waals surface area contributed by atoms with Crippen molar-refractivity contribution in [1.82, 2.24) is 10.2 Å². The minimum Gasteiger partial charge on any atom is -0.468 e. The molecule has 4 heteroatoms. The lowest BCUT2D eigenvalue weighted by Crippen LogP contribution is -2.57. The van der Waals surface area contributed by atoms with E-state index in [-0.39, 0.29) is 12.0 Å². The highest BCUT2D eigenvalue weighted by molar-refractivity contribution is 5.76. The second kappa shape index (κ2) is 3.64. The van der Waals surface area contributed by atoms with Crippen molar-refractivity contribution in [3.8, 4) is 0 Å². The maximum atomic E-state index is 11.4. The molecule has 1 N–H and O–H groups in total. The van der Waals surface area contributed by atoms with Crippen LogP contribution >= 0.6 is 0 Å². The molecule has 0 amide bonds.